The molecular weight excluding hydrogens is 392 g/mol. The molecule has 2 aromatic rings. The molecule has 0 bridgehead atoms. The number of aromatic nitrogens is 2. The molecule has 1 aromatic heterocycles. The van der Waals surface area contributed by atoms with Gasteiger partial charge in [0.25, 0.3) is 5.88 Å². The van der Waals surface area contributed by atoms with E-state index in [1.165, 1.54) is 6.08 Å². The molecule has 8 nitrogen and oxygen atoms in total. The van der Waals surface area contributed by atoms with E-state index in [1.807, 2.05) is 18.2 Å². The molecule has 0 aliphatic carbocycles. The average Bonchev–Trinajstić information content (AvgIpc) is 2.54. The third kappa shape index (κ3) is 4.24. The van der Waals surface area contributed by atoms with Crippen LogP contribution in [-0.2, 0) is 0 Å². The molecule has 2 N–H and O–H groups in total. The van der Waals surface area contributed by atoms with Gasteiger partial charge in [-0.15, -0.1) is 0 Å². The Kier molecular flexibility index (Phi) is 5.92. The van der Waals surface area contributed by atoms with Gasteiger partial charge in [-0.05, 0) is 53.5 Å². The predicted molar refractivity (Wildman–Crippen MR) is 99.8 cm³/mol. The van der Waals surface area contributed by atoms with E-state index in [9.17, 15) is 20.0 Å². The van der Waals surface area contributed by atoms with Crippen molar-refractivity contribution < 1.29 is 10.0 Å². The van der Waals surface area contributed by atoms with Crippen molar-refractivity contribution in [1.82, 2.24) is 9.97 Å². The second kappa shape index (κ2) is 7.93. The molecule has 0 aliphatic heterocycles. The predicted octanol–water partition coefficient (Wildman–Crippen LogP) is 3.16. The summed E-state index contributed by atoms with van der Waals surface area (Å²) in [5.41, 5.74) is -0.0661. The maximum atomic E-state index is 11.6. The highest BCUT2D eigenvalue weighted by Crippen LogP contribution is 2.28. The number of benzene rings is 1. The Morgan fingerprint density at radius 3 is 2.56 bits per heavy atom. The van der Waals surface area contributed by atoms with Crippen molar-refractivity contribution in [1.29, 1.82) is 0 Å². The van der Waals surface area contributed by atoms with Crippen molar-refractivity contribution in [2.24, 2.45) is 0 Å². The van der Waals surface area contributed by atoms with Gasteiger partial charge >= 0.3 is 11.2 Å². The Bertz CT molecular complexity index is 875. The van der Waals surface area contributed by atoms with Crippen LogP contribution in [0.1, 0.15) is 25.2 Å². The summed E-state index contributed by atoms with van der Waals surface area (Å²) in [5, 5.41) is 20.2. The zero-order valence-electron chi connectivity index (χ0n) is 13.7. The van der Waals surface area contributed by atoms with E-state index in [-0.39, 0.29) is 5.82 Å². The Morgan fingerprint density at radius 1 is 1.36 bits per heavy atom. The van der Waals surface area contributed by atoms with Crippen LogP contribution in [0.15, 0.2) is 27.5 Å². The highest BCUT2D eigenvalue weighted by molar-refractivity contribution is 9.10. The standard InChI is InChI=1S/C16H17BrN4O4/c1-3-20(4-2)12-7-5-10(9-11(12)17)6-8-13-18-15(22)14(21(24)25)16(23)19-13/h5-9H,3-4H2,1-2H3,(H2,18,19,22,23). The van der Waals surface area contributed by atoms with Crippen molar-refractivity contribution in [2.75, 3.05) is 18.0 Å². The summed E-state index contributed by atoms with van der Waals surface area (Å²) in [5.74, 6) is -0.886. The van der Waals surface area contributed by atoms with E-state index in [2.05, 4.69) is 44.6 Å². The molecule has 0 saturated carbocycles. The van der Waals surface area contributed by atoms with Crippen LogP contribution in [0.5, 0.6) is 5.88 Å². The molecule has 0 radical (unpaired) electrons. The molecule has 1 heterocycles. The summed E-state index contributed by atoms with van der Waals surface area (Å²) >= 11 is 3.54. The molecule has 132 valence electrons. The number of nitro groups is 1. The van der Waals surface area contributed by atoms with Crippen molar-refractivity contribution in [2.45, 2.75) is 13.8 Å². The maximum Gasteiger partial charge on any atom is 0.395 e. The Morgan fingerprint density at radius 2 is 2.04 bits per heavy atom. The van der Waals surface area contributed by atoms with Gasteiger partial charge in [-0.2, -0.15) is 4.98 Å². The van der Waals surface area contributed by atoms with Crippen molar-refractivity contribution in [3.63, 3.8) is 0 Å². The topological polar surface area (TPSA) is 112 Å². The smallest absolute Gasteiger partial charge is 0.395 e. The number of rotatable bonds is 6. The van der Waals surface area contributed by atoms with Crippen LogP contribution in [-0.4, -0.2) is 33.1 Å². The number of nitrogens with one attached hydrogen (secondary N) is 1. The lowest BCUT2D eigenvalue weighted by Crippen LogP contribution is -2.22. The Labute approximate surface area is 152 Å². The monoisotopic (exact) mass is 408 g/mol. The van der Waals surface area contributed by atoms with Crippen molar-refractivity contribution in [3.8, 4) is 5.88 Å². The molecule has 0 aliphatic rings. The average molecular weight is 409 g/mol. The van der Waals surface area contributed by atoms with E-state index < -0.39 is 22.0 Å². The maximum absolute atomic E-state index is 11.6. The van der Waals surface area contributed by atoms with Crippen LogP contribution in [0, 0.1) is 10.1 Å². The van der Waals surface area contributed by atoms with E-state index in [0.717, 1.165) is 28.8 Å². The van der Waals surface area contributed by atoms with Crippen LogP contribution in [0.3, 0.4) is 0 Å². The van der Waals surface area contributed by atoms with E-state index in [4.69, 9.17) is 0 Å². The van der Waals surface area contributed by atoms with Gasteiger partial charge in [0.15, 0.2) is 0 Å². The molecule has 2 rings (SSSR count). The number of hydrogen-bond donors (Lipinski definition) is 2. The van der Waals surface area contributed by atoms with Crippen molar-refractivity contribution >= 4 is 39.5 Å². The van der Waals surface area contributed by atoms with Crippen LogP contribution in [0.4, 0.5) is 11.4 Å². The SMILES string of the molecule is CCN(CC)c1ccc(C=Cc2nc(O)c([N+](=O)[O-])c(=O)[nH]2)cc1Br. The summed E-state index contributed by atoms with van der Waals surface area (Å²) < 4.78 is 0.923. The van der Waals surface area contributed by atoms with Gasteiger partial charge in [-0.3, -0.25) is 14.9 Å². The lowest BCUT2D eigenvalue weighted by molar-refractivity contribution is -0.387. The molecule has 25 heavy (non-hydrogen) atoms. The third-order valence-corrected chi connectivity index (χ3v) is 4.22. The molecule has 0 unspecified atom stereocenters. The van der Waals surface area contributed by atoms with Gasteiger partial charge in [0.2, 0.25) is 0 Å². The largest absolute Gasteiger partial charge is 0.488 e. The van der Waals surface area contributed by atoms with Crippen LogP contribution >= 0.6 is 15.9 Å². The second-order valence-electron chi connectivity index (χ2n) is 5.10. The third-order valence-electron chi connectivity index (χ3n) is 3.59. The lowest BCUT2D eigenvalue weighted by Gasteiger charge is -2.22. The van der Waals surface area contributed by atoms with Crippen LogP contribution in [0.25, 0.3) is 12.2 Å². The molecule has 9 heteroatoms. The lowest BCUT2D eigenvalue weighted by atomic mass is 10.1. The van der Waals surface area contributed by atoms with Gasteiger partial charge in [-0.25, -0.2) is 0 Å². The van der Waals surface area contributed by atoms with Gasteiger partial charge < -0.3 is 15.0 Å². The van der Waals surface area contributed by atoms with Crippen LogP contribution < -0.4 is 10.5 Å². The minimum atomic E-state index is -1.00. The highest BCUT2D eigenvalue weighted by Gasteiger charge is 2.21. The highest BCUT2D eigenvalue weighted by atomic mass is 79.9. The van der Waals surface area contributed by atoms with E-state index >= 15 is 0 Å². The first-order chi connectivity index (χ1) is 11.9. The van der Waals surface area contributed by atoms with Gasteiger partial charge in [0.05, 0.1) is 10.6 Å². The summed E-state index contributed by atoms with van der Waals surface area (Å²) in [4.78, 5) is 29.4. The quantitative estimate of drug-likeness (QED) is 0.560. The summed E-state index contributed by atoms with van der Waals surface area (Å²) in [6.07, 6.45) is 3.14. The second-order valence-corrected chi connectivity index (χ2v) is 5.95. The summed E-state index contributed by atoms with van der Waals surface area (Å²) in [6.45, 7) is 5.93. The fraction of sp³-hybridized carbons (Fsp3) is 0.250. The first-order valence-corrected chi connectivity index (χ1v) is 8.36. The van der Waals surface area contributed by atoms with Gasteiger partial charge in [0.1, 0.15) is 5.82 Å². The number of hydrogen-bond acceptors (Lipinski definition) is 6. The number of halogens is 1. The van der Waals surface area contributed by atoms with E-state index in [0.29, 0.717) is 0 Å². The molecular formula is C16H17BrN4O4. The normalized spacial score (nSPS) is 11.0. The molecule has 0 spiro atoms. The van der Waals surface area contributed by atoms with E-state index in [1.54, 1.807) is 6.08 Å². The molecule has 0 atom stereocenters. The zero-order valence-corrected chi connectivity index (χ0v) is 15.3. The number of anilines is 1. The zero-order chi connectivity index (χ0) is 18.6. The first-order valence-electron chi connectivity index (χ1n) is 7.57. The Hall–Kier alpha value is -2.68. The van der Waals surface area contributed by atoms with Gasteiger partial charge in [-0.1, -0.05) is 12.1 Å². The fourth-order valence-electron chi connectivity index (χ4n) is 2.34. The number of aromatic amines is 1. The molecule has 0 fully saturated rings. The number of nitrogens with zero attached hydrogens (tertiary/aromatic N) is 3. The first kappa shape index (κ1) is 18.7. The van der Waals surface area contributed by atoms with Crippen LogP contribution in [0.2, 0.25) is 0 Å². The molecule has 0 saturated heterocycles. The van der Waals surface area contributed by atoms with Gasteiger partial charge in [0, 0.05) is 17.6 Å². The minimum absolute atomic E-state index is 0.0250. The van der Waals surface area contributed by atoms with Crippen molar-refractivity contribution in [3.05, 3.63) is 54.5 Å². The summed E-state index contributed by atoms with van der Waals surface area (Å²) in [6, 6.07) is 5.78. The Balaban J connectivity index is 2.30. The minimum Gasteiger partial charge on any atom is -0.488 e. The molecule has 1 aromatic carbocycles. The number of H-pyrrole nitrogens is 1. The summed E-state index contributed by atoms with van der Waals surface area (Å²) in [7, 11) is 0. The molecule has 0 amide bonds. The number of aromatic hydroxyl groups is 1. The fourth-order valence-corrected chi connectivity index (χ4v) is 2.99.